The van der Waals surface area contributed by atoms with E-state index in [9.17, 15) is 0 Å². The van der Waals surface area contributed by atoms with Crippen molar-refractivity contribution in [3.05, 3.63) is 180 Å². The molecule has 0 spiro atoms. The quantitative estimate of drug-likeness (QED) is 0.194. The van der Waals surface area contributed by atoms with Crippen molar-refractivity contribution in [1.29, 1.82) is 0 Å². The molecule has 3 heterocycles. The second-order valence-corrected chi connectivity index (χ2v) is 14.8. The number of nitrogens with one attached hydrogen (secondary N) is 1. The second kappa shape index (κ2) is 11.9. The molecule has 50 heavy (non-hydrogen) atoms. The molecule has 1 aliphatic heterocycles. The fraction of sp³-hybridized carbons (Fsp3) is 0.0222. The number of hydrogen-bond donors (Lipinski definition) is 1. The van der Waals surface area contributed by atoms with Crippen LogP contribution in [-0.2, 0) is 0 Å². The highest BCUT2D eigenvalue weighted by atomic mass is 32.1. The first-order valence-corrected chi connectivity index (χ1v) is 18.4. The minimum absolute atomic E-state index is 0.230. The fourth-order valence-corrected chi connectivity index (χ4v) is 9.50. The predicted octanol–water partition coefficient (Wildman–Crippen LogP) is 12.3. The third kappa shape index (κ3) is 4.94. The number of hydrogen-bond acceptors (Lipinski definition) is 5. The molecule has 5 heteroatoms. The average molecular weight is 676 g/mol. The first-order valence-electron chi connectivity index (χ1n) is 16.8. The summed E-state index contributed by atoms with van der Waals surface area (Å²) in [6.45, 7) is 0. The molecule has 1 aliphatic rings. The van der Waals surface area contributed by atoms with Gasteiger partial charge in [-0.15, -0.1) is 22.7 Å². The van der Waals surface area contributed by atoms with E-state index in [0.29, 0.717) is 0 Å². The standard InChI is InChI=1S/C45H29N3S2/c1-3-12-28(13-4-1)43-46-44(29-14-5-2-6-15-29)48-45(47-43)31-23-25-37-41(27-31)50-39-21-11-19-36(42(37)39)33-17-8-7-16-32(33)30-22-24-35-34-18-9-10-20-38(34)49-40(35)26-30/h1-27,43H,(H,46,47,48). The Labute approximate surface area is 297 Å². The second-order valence-electron chi connectivity index (χ2n) is 12.6. The average Bonchev–Trinajstić information content (AvgIpc) is 3.76. The van der Waals surface area contributed by atoms with E-state index in [2.05, 4.69) is 145 Å². The van der Waals surface area contributed by atoms with Crippen LogP contribution < -0.4 is 5.32 Å². The molecule has 2 aromatic heterocycles. The van der Waals surface area contributed by atoms with Crippen LogP contribution in [0.25, 0.3) is 62.6 Å². The van der Waals surface area contributed by atoms with Crippen LogP contribution in [0, 0.1) is 0 Å². The van der Waals surface area contributed by atoms with Crippen LogP contribution in [0.2, 0.25) is 0 Å². The number of fused-ring (bicyclic) bond motifs is 6. The van der Waals surface area contributed by atoms with Gasteiger partial charge in [-0.05, 0) is 52.1 Å². The molecule has 1 unspecified atom stereocenters. The van der Waals surface area contributed by atoms with Crippen LogP contribution in [0.5, 0.6) is 0 Å². The van der Waals surface area contributed by atoms with Crippen LogP contribution >= 0.6 is 22.7 Å². The lowest BCUT2D eigenvalue weighted by Gasteiger charge is -2.23. The normalized spacial score (nSPS) is 14.6. The molecule has 0 aliphatic carbocycles. The number of amidine groups is 2. The summed E-state index contributed by atoms with van der Waals surface area (Å²) in [5, 5.41) is 8.76. The molecule has 3 nitrogen and oxygen atoms in total. The minimum Gasteiger partial charge on any atom is -0.344 e. The van der Waals surface area contributed by atoms with Crippen molar-refractivity contribution >= 4 is 74.7 Å². The molecular weight excluding hydrogens is 647 g/mol. The van der Waals surface area contributed by atoms with E-state index in [1.807, 2.05) is 46.9 Å². The summed E-state index contributed by atoms with van der Waals surface area (Å²) in [7, 11) is 0. The Hall–Kier alpha value is -5.88. The largest absolute Gasteiger partial charge is 0.344 e. The molecule has 236 valence electrons. The Kier molecular flexibility index (Phi) is 6.93. The van der Waals surface area contributed by atoms with Crippen LogP contribution in [0.15, 0.2) is 174 Å². The third-order valence-corrected chi connectivity index (χ3v) is 11.8. The van der Waals surface area contributed by atoms with Gasteiger partial charge in [-0.25, -0.2) is 9.98 Å². The number of rotatable bonds is 5. The van der Waals surface area contributed by atoms with Gasteiger partial charge in [0.25, 0.3) is 0 Å². The molecule has 0 amide bonds. The Morgan fingerprint density at radius 3 is 1.94 bits per heavy atom. The maximum Gasteiger partial charge on any atom is 0.159 e. The molecule has 1 N–H and O–H groups in total. The van der Waals surface area contributed by atoms with E-state index >= 15 is 0 Å². The molecule has 10 rings (SSSR count). The summed E-state index contributed by atoms with van der Waals surface area (Å²) < 4.78 is 5.14. The molecule has 0 saturated carbocycles. The van der Waals surface area contributed by atoms with Gasteiger partial charge in [0.2, 0.25) is 0 Å². The lowest BCUT2D eigenvalue weighted by atomic mass is 9.91. The van der Waals surface area contributed by atoms with Crippen LogP contribution in [0.3, 0.4) is 0 Å². The Balaban J connectivity index is 1.09. The van der Waals surface area contributed by atoms with Crippen molar-refractivity contribution in [1.82, 2.24) is 5.32 Å². The van der Waals surface area contributed by atoms with E-state index in [4.69, 9.17) is 9.98 Å². The maximum absolute atomic E-state index is 5.13. The summed E-state index contributed by atoms with van der Waals surface area (Å²) in [6.07, 6.45) is -0.230. The van der Waals surface area contributed by atoms with E-state index in [0.717, 1.165) is 28.4 Å². The third-order valence-electron chi connectivity index (χ3n) is 9.57. The molecule has 0 saturated heterocycles. The van der Waals surface area contributed by atoms with Crippen molar-refractivity contribution < 1.29 is 0 Å². The van der Waals surface area contributed by atoms with E-state index < -0.39 is 0 Å². The van der Waals surface area contributed by atoms with Crippen molar-refractivity contribution in [3.8, 4) is 22.3 Å². The zero-order valence-electron chi connectivity index (χ0n) is 26.9. The van der Waals surface area contributed by atoms with Crippen molar-refractivity contribution in [2.24, 2.45) is 9.98 Å². The zero-order chi connectivity index (χ0) is 33.0. The topological polar surface area (TPSA) is 36.8 Å². The molecule has 9 aromatic rings. The van der Waals surface area contributed by atoms with Gasteiger partial charge in [0, 0.05) is 51.5 Å². The van der Waals surface area contributed by atoms with Crippen molar-refractivity contribution in [2.45, 2.75) is 6.17 Å². The first-order chi connectivity index (χ1) is 24.8. The highest BCUT2D eigenvalue weighted by molar-refractivity contribution is 7.26. The molecule has 1 atom stereocenters. The van der Waals surface area contributed by atoms with E-state index in [-0.39, 0.29) is 6.17 Å². The minimum atomic E-state index is -0.230. The Bertz CT molecular complexity index is 2790. The van der Waals surface area contributed by atoms with Crippen LogP contribution in [-0.4, -0.2) is 11.7 Å². The van der Waals surface area contributed by atoms with E-state index in [1.165, 1.54) is 62.6 Å². The SMILES string of the molecule is c1ccc(C2=NC(c3ccc4c(c3)sc3cccc(-c5ccccc5-c5ccc6c(c5)sc5ccccc56)c34)=NC(c3ccccc3)N2)cc1. The van der Waals surface area contributed by atoms with Gasteiger partial charge in [0.1, 0.15) is 12.0 Å². The number of aliphatic imine (C=N–C) groups is 2. The highest BCUT2D eigenvalue weighted by Crippen LogP contribution is 2.44. The molecular formula is C45H29N3S2. The highest BCUT2D eigenvalue weighted by Gasteiger charge is 2.22. The monoisotopic (exact) mass is 675 g/mol. The number of benzene rings is 7. The smallest absolute Gasteiger partial charge is 0.159 e. The van der Waals surface area contributed by atoms with Gasteiger partial charge in [-0.3, -0.25) is 0 Å². The Morgan fingerprint density at radius 1 is 0.440 bits per heavy atom. The molecule has 7 aromatic carbocycles. The number of nitrogens with zero attached hydrogens (tertiary/aromatic N) is 2. The van der Waals surface area contributed by atoms with Gasteiger partial charge < -0.3 is 5.32 Å². The summed E-state index contributed by atoms with van der Waals surface area (Å²) in [5.41, 5.74) is 8.13. The lowest BCUT2D eigenvalue weighted by molar-refractivity contribution is 0.674. The van der Waals surface area contributed by atoms with Crippen molar-refractivity contribution in [3.63, 3.8) is 0 Å². The van der Waals surface area contributed by atoms with Gasteiger partial charge in [0.05, 0.1) is 0 Å². The zero-order valence-corrected chi connectivity index (χ0v) is 28.5. The van der Waals surface area contributed by atoms with Gasteiger partial charge >= 0.3 is 0 Å². The van der Waals surface area contributed by atoms with Gasteiger partial charge in [0.15, 0.2) is 5.84 Å². The van der Waals surface area contributed by atoms with Gasteiger partial charge in [-0.1, -0.05) is 140 Å². The first kappa shape index (κ1) is 29.1. The summed E-state index contributed by atoms with van der Waals surface area (Å²) >= 11 is 3.70. The Morgan fingerprint density at radius 2 is 1.06 bits per heavy atom. The van der Waals surface area contributed by atoms with Crippen molar-refractivity contribution in [2.75, 3.05) is 0 Å². The fourth-order valence-electron chi connectivity index (χ4n) is 7.18. The predicted molar refractivity (Wildman–Crippen MR) is 215 cm³/mol. The maximum atomic E-state index is 5.13. The molecule has 0 bridgehead atoms. The molecule has 0 radical (unpaired) electrons. The number of thiophene rings is 2. The molecule has 0 fully saturated rings. The summed E-state index contributed by atoms with van der Waals surface area (Å²) in [6, 6.07) is 58.6. The summed E-state index contributed by atoms with van der Waals surface area (Å²) in [5.74, 6) is 1.56. The lowest BCUT2D eigenvalue weighted by Crippen LogP contribution is -2.33. The van der Waals surface area contributed by atoms with Crippen LogP contribution in [0.4, 0.5) is 0 Å². The van der Waals surface area contributed by atoms with Gasteiger partial charge in [-0.2, -0.15) is 0 Å². The van der Waals surface area contributed by atoms with E-state index in [1.54, 1.807) is 0 Å². The van der Waals surface area contributed by atoms with Crippen LogP contribution in [0.1, 0.15) is 22.9 Å². The summed E-state index contributed by atoms with van der Waals surface area (Å²) in [4.78, 5) is 10.2.